The molecule has 1 amide bonds. The number of para-hydroxylation sites is 2. The number of carbonyl (C=O) groups is 1. The second-order valence-electron chi connectivity index (χ2n) is 6.86. The number of phenols is 1. The molecule has 0 spiro atoms. The van der Waals surface area contributed by atoms with Gasteiger partial charge in [0, 0.05) is 31.2 Å². The highest BCUT2D eigenvalue weighted by Crippen LogP contribution is 2.36. The number of nitrogens with one attached hydrogen (secondary N) is 1. The molecule has 1 saturated heterocycles. The summed E-state index contributed by atoms with van der Waals surface area (Å²) in [7, 11) is 0. The summed E-state index contributed by atoms with van der Waals surface area (Å²) in [5.41, 5.74) is -0.568. The van der Waals surface area contributed by atoms with Crippen LogP contribution in [0.4, 0.5) is 24.5 Å². The molecule has 29 heavy (non-hydrogen) atoms. The second-order valence-corrected chi connectivity index (χ2v) is 7.30. The van der Waals surface area contributed by atoms with E-state index >= 15 is 0 Å². The molecule has 0 aromatic heterocycles. The molecule has 2 aromatic carbocycles. The highest BCUT2D eigenvalue weighted by molar-refractivity contribution is 6.30. The zero-order chi connectivity index (χ0) is 21.2. The Balaban J connectivity index is 1.64. The molecule has 1 atom stereocenters. The molecule has 5 nitrogen and oxygen atoms in total. The maximum Gasteiger partial charge on any atom is 0.418 e. The van der Waals surface area contributed by atoms with Gasteiger partial charge in [0.2, 0.25) is 5.91 Å². The van der Waals surface area contributed by atoms with Crippen molar-refractivity contribution in [2.45, 2.75) is 19.1 Å². The molecule has 0 radical (unpaired) electrons. The van der Waals surface area contributed by atoms with E-state index in [1.54, 1.807) is 19.1 Å². The molecule has 0 aliphatic carbocycles. The number of rotatable bonds is 4. The number of piperazine rings is 1. The number of aromatic hydroxyl groups is 1. The fourth-order valence-corrected chi connectivity index (χ4v) is 3.52. The van der Waals surface area contributed by atoms with Crippen molar-refractivity contribution >= 4 is 28.9 Å². The average Bonchev–Trinajstić information content (AvgIpc) is 2.68. The first-order valence-electron chi connectivity index (χ1n) is 9.11. The van der Waals surface area contributed by atoms with Gasteiger partial charge in [-0.2, -0.15) is 13.2 Å². The molecular formula is C20H21ClF3N3O2. The number of amides is 1. The van der Waals surface area contributed by atoms with Gasteiger partial charge in [0.05, 0.1) is 23.0 Å². The lowest BCUT2D eigenvalue weighted by Crippen LogP contribution is -2.52. The normalized spacial score (nSPS) is 16.5. The number of hydrogen-bond donors (Lipinski definition) is 2. The lowest BCUT2D eigenvalue weighted by atomic mass is 10.1. The first-order chi connectivity index (χ1) is 13.7. The van der Waals surface area contributed by atoms with Crippen LogP contribution in [-0.4, -0.2) is 48.1 Å². The van der Waals surface area contributed by atoms with Crippen molar-refractivity contribution in [1.29, 1.82) is 0 Å². The third-order valence-electron chi connectivity index (χ3n) is 5.01. The largest absolute Gasteiger partial charge is 0.506 e. The zero-order valence-corrected chi connectivity index (χ0v) is 16.5. The zero-order valence-electron chi connectivity index (χ0n) is 15.7. The molecule has 2 N–H and O–H groups in total. The molecule has 1 aliphatic rings. The predicted molar refractivity (Wildman–Crippen MR) is 106 cm³/mol. The van der Waals surface area contributed by atoms with Crippen LogP contribution < -0.4 is 10.2 Å². The lowest BCUT2D eigenvalue weighted by Gasteiger charge is -2.38. The lowest BCUT2D eigenvalue weighted by molar-refractivity contribution is -0.137. The van der Waals surface area contributed by atoms with Gasteiger partial charge in [-0.15, -0.1) is 0 Å². The van der Waals surface area contributed by atoms with Crippen molar-refractivity contribution in [1.82, 2.24) is 4.90 Å². The molecule has 1 fully saturated rings. The van der Waals surface area contributed by atoms with Crippen LogP contribution in [0.5, 0.6) is 5.75 Å². The standard InChI is InChI=1S/C20H21ClF3N3O2/c1-13(19(29)25-16-7-6-14(21)12-15(16)20(22,23)24)26-8-10-27(11-9-26)17-4-2-3-5-18(17)28/h2-7,12-13,28H,8-11H2,1H3,(H,25,29). The van der Waals surface area contributed by atoms with Crippen molar-refractivity contribution < 1.29 is 23.1 Å². The van der Waals surface area contributed by atoms with Crippen LogP contribution in [0.25, 0.3) is 0 Å². The fraction of sp³-hybridized carbons (Fsp3) is 0.350. The summed E-state index contributed by atoms with van der Waals surface area (Å²) in [4.78, 5) is 16.5. The Labute approximate surface area is 171 Å². The SMILES string of the molecule is CC(C(=O)Nc1ccc(Cl)cc1C(F)(F)F)N1CCN(c2ccccc2O)CC1. The molecule has 9 heteroatoms. The highest BCUT2D eigenvalue weighted by Gasteiger charge is 2.35. The minimum absolute atomic E-state index is 0.0522. The van der Waals surface area contributed by atoms with Crippen molar-refractivity contribution in [3.05, 3.63) is 53.1 Å². The van der Waals surface area contributed by atoms with Gasteiger partial charge in [-0.25, -0.2) is 0 Å². The van der Waals surface area contributed by atoms with Gasteiger partial charge in [0.1, 0.15) is 5.75 Å². The topological polar surface area (TPSA) is 55.8 Å². The Morgan fingerprint density at radius 2 is 1.79 bits per heavy atom. The van der Waals surface area contributed by atoms with Crippen LogP contribution in [0, 0.1) is 0 Å². The maximum absolute atomic E-state index is 13.2. The summed E-state index contributed by atoms with van der Waals surface area (Å²) in [6, 6.07) is 9.66. The number of nitrogens with zero attached hydrogens (tertiary/aromatic N) is 2. The van der Waals surface area contributed by atoms with Gasteiger partial charge < -0.3 is 15.3 Å². The van der Waals surface area contributed by atoms with Gasteiger partial charge in [-0.05, 0) is 37.3 Å². The van der Waals surface area contributed by atoms with Gasteiger partial charge in [0.25, 0.3) is 0 Å². The fourth-order valence-electron chi connectivity index (χ4n) is 3.34. The Morgan fingerprint density at radius 1 is 1.14 bits per heavy atom. The smallest absolute Gasteiger partial charge is 0.418 e. The maximum atomic E-state index is 13.2. The van der Waals surface area contributed by atoms with E-state index < -0.39 is 23.7 Å². The molecule has 0 bridgehead atoms. The van der Waals surface area contributed by atoms with Crippen LogP contribution in [0.15, 0.2) is 42.5 Å². The first kappa shape index (κ1) is 21.3. The van der Waals surface area contributed by atoms with Gasteiger partial charge >= 0.3 is 6.18 Å². The van der Waals surface area contributed by atoms with E-state index in [0.717, 1.165) is 17.8 Å². The summed E-state index contributed by atoms with van der Waals surface area (Å²) in [6.07, 6.45) is -4.62. The molecule has 2 aromatic rings. The number of benzene rings is 2. The van der Waals surface area contributed by atoms with E-state index in [4.69, 9.17) is 11.6 Å². The number of phenolic OH excluding ortho intramolecular Hbond substituents is 1. The summed E-state index contributed by atoms with van der Waals surface area (Å²) in [6.45, 7) is 3.91. The molecule has 1 aliphatic heterocycles. The van der Waals surface area contributed by atoms with E-state index in [-0.39, 0.29) is 16.5 Å². The third kappa shape index (κ3) is 4.94. The quantitative estimate of drug-likeness (QED) is 0.767. The van der Waals surface area contributed by atoms with E-state index in [2.05, 4.69) is 5.32 Å². The molecule has 3 rings (SSSR count). The Kier molecular flexibility index (Phi) is 6.24. The van der Waals surface area contributed by atoms with Gasteiger partial charge in [-0.3, -0.25) is 9.69 Å². The number of alkyl halides is 3. The summed E-state index contributed by atoms with van der Waals surface area (Å²) in [5, 5.41) is 12.3. The van der Waals surface area contributed by atoms with Crippen molar-refractivity contribution in [3.8, 4) is 5.75 Å². The minimum Gasteiger partial charge on any atom is -0.506 e. The number of halogens is 4. The Morgan fingerprint density at radius 3 is 2.41 bits per heavy atom. The number of anilines is 2. The van der Waals surface area contributed by atoms with Crippen LogP contribution in [0.2, 0.25) is 5.02 Å². The third-order valence-corrected chi connectivity index (χ3v) is 5.24. The van der Waals surface area contributed by atoms with E-state index in [0.29, 0.717) is 26.2 Å². The van der Waals surface area contributed by atoms with Crippen molar-refractivity contribution in [2.24, 2.45) is 0 Å². The Hall–Kier alpha value is -2.45. The van der Waals surface area contributed by atoms with E-state index in [1.807, 2.05) is 21.9 Å². The summed E-state index contributed by atoms with van der Waals surface area (Å²) >= 11 is 5.68. The predicted octanol–water partition coefficient (Wildman–Crippen LogP) is 4.21. The average molecular weight is 428 g/mol. The van der Waals surface area contributed by atoms with Crippen molar-refractivity contribution in [2.75, 3.05) is 36.4 Å². The molecule has 156 valence electrons. The second kappa shape index (κ2) is 8.51. The van der Waals surface area contributed by atoms with Crippen LogP contribution in [0.1, 0.15) is 12.5 Å². The van der Waals surface area contributed by atoms with Crippen molar-refractivity contribution in [3.63, 3.8) is 0 Å². The van der Waals surface area contributed by atoms with E-state index in [1.165, 1.54) is 6.07 Å². The number of carbonyl (C=O) groups excluding carboxylic acids is 1. The summed E-state index contributed by atoms with van der Waals surface area (Å²) in [5.74, 6) is -0.331. The monoisotopic (exact) mass is 427 g/mol. The molecule has 1 unspecified atom stereocenters. The van der Waals surface area contributed by atoms with Crippen LogP contribution >= 0.6 is 11.6 Å². The highest BCUT2D eigenvalue weighted by atomic mass is 35.5. The Bertz CT molecular complexity index is 884. The minimum atomic E-state index is -4.62. The van der Waals surface area contributed by atoms with Gasteiger partial charge in [-0.1, -0.05) is 23.7 Å². The van der Waals surface area contributed by atoms with E-state index in [9.17, 15) is 23.1 Å². The molecule has 1 heterocycles. The first-order valence-corrected chi connectivity index (χ1v) is 9.49. The van der Waals surface area contributed by atoms with Crippen LogP contribution in [0.3, 0.4) is 0 Å². The van der Waals surface area contributed by atoms with Gasteiger partial charge in [0.15, 0.2) is 0 Å². The summed E-state index contributed by atoms with van der Waals surface area (Å²) < 4.78 is 39.7. The molecular weight excluding hydrogens is 407 g/mol. The van der Waals surface area contributed by atoms with Crippen LogP contribution in [-0.2, 0) is 11.0 Å². The molecule has 0 saturated carbocycles. The number of hydrogen-bond acceptors (Lipinski definition) is 4.